The van der Waals surface area contributed by atoms with E-state index in [2.05, 4.69) is 41.2 Å². The molecular formula is C11H23ClN4. The van der Waals surface area contributed by atoms with Crippen LogP contribution in [0.4, 0.5) is 0 Å². The number of hydrogen-bond donors (Lipinski definition) is 2. The van der Waals surface area contributed by atoms with Crippen LogP contribution in [0, 0.1) is 0 Å². The third kappa shape index (κ3) is 4.96. The van der Waals surface area contributed by atoms with Gasteiger partial charge < -0.3 is 5.32 Å². The highest BCUT2D eigenvalue weighted by molar-refractivity contribution is 5.85. The Morgan fingerprint density at radius 3 is 2.62 bits per heavy atom. The quantitative estimate of drug-likeness (QED) is 0.769. The van der Waals surface area contributed by atoms with Gasteiger partial charge in [-0.3, -0.25) is 10.00 Å². The first kappa shape index (κ1) is 15.4. The van der Waals surface area contributed by atoms with Crippen molar-refractivity contribution >= 4 is 12.4 Å². The molecule has 0 aliphatic heterocycles. The van der Waals surface area contributed by atoms with Gasteiger partial charge in [0.15, 0.2) is 0 Å². The predicted molar refractivity (Wildman–Crippen MR) is 69.9 cm³/mol. The maximum atomic E-state index is 3.91. The third-order valence-electron chi connectivity index (χ3n) is 2.75. The van der Waals surface area contributed by atoms with Crippen LogP contribution in [0.25, 0.3) is 0 Å². The van der Waals surface area contributed by atoms with Gasteiger partial charge in [-0.1, -0.05) is 13.8 Å². The fourth-order valence-corrected chi connectivity index (χ4v) is 1.77. The molecule has 0 saturated carbocycles. The lowest BCUT2D eigenvalue weighted by molar-refractivity contribution is 0.225. The van der Waals surface area contributed by atoms with Crippen molar-refractivity contribution in [1.29, 1.82) is 0 Å². The van der Waals surface area contributed by atoms with Gasteiger partial charge in [-0.2, -0.15) is 5.10 Å². The Labute approximate surface area is 104 Å². The summed E-state index contributed by atoms with van der Waals surface area (Å²) in [5.74, 6) is 0. The molecule has 16 heavy (non-hydrogen) atoms. The second-order valence-corrected chi connectivity index (χ2v) is 3.78. The Balaban J connectivity index is 0.00000225. The molecule has 5 heteroatoms. The van der Waals surface area contributed by atoms with Crippen LogP contribution in [0.2, 0.25) is 0 Å². The van der Waals surface area contributed by atoms with Crippen molar-refractivity contribution in [2.45, 2.75) is 33.4 Å². The van der Waals surface area contributed by atoms with Crippen LogP contribution < -0.4 is 5.32 Å². The van der Waals surface area contributed by atoms with E-state index in [1.54, 1.807) is 6.20 Å². The Morgan fingerprint density at radius 1 is 1.44 bits per heavy atom. The molecule has 0 bridgehead atoms. The van der Waals surface area contributed by atoms with Gasteiger partial charge in [-0.05, 0) is 26.1 Å². The summed E-state index contributed by atoms with van der Waals surface area (Å²) in [7, 11) is 0. The third-order valence-corrected chi connectivity index (χ3v) is 2.75. The molecule has 0 aliphatic rings. The highest BCUT2D eigenvalue weighted by atomic mass is 35.5. The van der Waals surface area contributed by atoms with Crippen molar-refractivity contribution in [3.63, 3.8) is 0 Å². The second-order valence-electron chi connectivity index (χ2n) is 3.78. The first-order valence-electron chi connectivity index (χ1n) is 5.70. The van der Waals surface area contributed by atoms with E-state index in [0.717, 1.165) is 31.9 Å². The first-order valence-corrected chi connectivity index (χ1v) is 5.70. The second kappa shape index (κ2) is 8.56. The van der Waals surface area contributed by atoms with Crippen LogP contribution in [0.1, 0.15) is 26.5 Å². The molecule has 94 valence electrons. The summed E-state index contributed by atoms with van der Waals surface area (Å²) in [4.78, 5) is 2.44. The Kier molecular flexibility index (Phi) is 8.25. The Hall–Kier alpha value is -0.580. The van der Waals surface area contributed by atoms with Gasteiger partial charge in [-0.25, -0.2) is 0 Å². The van der Waals surface area contributed by atoms with Gasteiger partial charge in [0.05, 0.1) is 0 Å². The lowest BCUT2D eigenvalue weighted by Crippen LogP contribution is -2.40. The van der Waals surface area contributed by atoms with Gasteiger partial charge >= 0.3 is 0 Å². The van der Waals surface area contributed by atoms with Gasteiger partial charge in [0.1, 0.15) is 0 Å². The number of nitrogens with one attached hydrogen (secondary N) is 2. The van der Waals surface area contributed by atoms with Crippen molar-refractivity contribution in [2.75, 3.05) is 19.6 Å². The number of H-pyrrole nitrogens is 1. The average molecular weight is 247 g/mol. The number of aromatic amines is 1. The molecule has 1 heterocycles. The molecule has 0 aromatic carbocycles. The standard InChI is InChI=1S/C11H22N4.ClH/c1-4-15(5-2)10(3)8-12-9-11-6-7-13-14-11;/h6-7,10,12H,4-5,8-9H2,1-3H3,(H,13,14);1H. The van der Waals surface area contributed by atoms with Crippen molar-refractivity contribution < 1.29 is 0 Å². The maximum Gasteiger partial charge on any atom is 0.0490 e. The smallest absolute Gasteiger partial charge is 0.0490 e. The zero-order valence-corrected chi connectivity index (χ0v) is 11.2. The maximum absolute atomic E-state index is 3.91. The van der Waals surface area contributed by atoms with Crippen LogP contribution in [0.3, 0.4) is 0 Å². The number of halogens is 1. The number of likely N-dealkylation sites (N-methyl/N-ethyl adjacent to an activating group) is 1. The number of rotatable bonds is 7. The molecule has 1 atom stereocenters. The van der Waals surface area contributed by atoms with Crippen molar-refractivity contribution in [1.82, 2.24) is 20.4 Å². The van der Waals surface area contributed by atoms with Crippen LogP contribution in [0.15, 0.2) is 12.3 Å². The van der Waals surface area contributed by atoms with E-state index in [9.17, 15) is 0 Å². The molecule has 0 aliphatic carbocycles. The van der Waals surface area contributed by atoms with Crippen LogP contribution in [0.5, 0.6) is 0 Å². The van der Waals surface area contributed by atoms with Gasteiger partial charge in [0.25, 0.3) is 0 Å². The highest BCUT2D eigenvalue weighted by Crippen LogP contribution is 1.97. The Bertz CT molecular complexity index is 246. The van der Waals surface area contributed by atoms with E-state index in [1.165, 1.54) is 0 Å². The lowest BCUT2D eigenvalue weighted by atomic mass is 10.2. The largest absolute Gasteiger partial charge is 0.310 e. The molecule has 0 saturated heterocycles. The molecule has 0 fully saturated rings. The molecular weight excluding hydrogens is 224 g/mol. The number of aromatic nitrogens is 2. The van der Waals surface area contributed by atoms with Gasteiger partial charge in [0.2, 0.25) is 0 Å². The van der Waals surface area contributed by atoms with E-state index in [1.807, 2.05) is 6.07 Å². The first-order chi connectivity index (χ1) is 7.27. The Morgan fingerprint density at radius 2 is 2.12 bits per heavy atom. The summed E-state index contributed by atoms with van der Waals surface area (Å²) < 4.78 is 0. The number of hydrogen-bond acceptors (Lipinski definition) is 3. The zero-order valence-electron chi connectivity index (χ0n) is 10.4. The minimum atomic E-state index is 0. The summed E-state index contributed by atoms with van der Waals surface area (Å²) in [6.07, 6.45) is 1.78. The zero-order chi connectivity index (χ0) is 11.1. The molecule has 4 nitrogen and oxygen atoms in total. The molecule has 0 radical (unpaired) electrons. The average Bonchev–Trinajstić information content (AvgIpc) is 2.72. The monoisotopic (exact) mass is 246 g/mol. The van der Waals surface area contributed by atoms with Crippen LogP contribution in [-0.2, 0) is 6.54 Å². The molecule has 0 spiro atoms. The molecule has 1 rings (SSSR count). The molecule has 1 aromatic heterocycles. The van der Waals surface area contributed by atoms with Gasteiger partial charge in [0, 0.05) is 31.0 Å². The summed E-state index contributed by atoms with van der Waals surface area (Å²) in [5, 5.41) is 10.3. The van der Waals surface area contributed by atoms with Crippen molar-refractivity contribution in [3.8, 4) is 0 Å². The normalized spacial score (nSPS) is 12.5. The van der Waals surface area contributed by atoms with E-state index < -0.39 is 0 Å². The van der Waals surface area contributed by atoms with Crippen molar-refractivity contribution in [3.05, 3.63) is 18.0 Å². The minimum Gasteiger partial charge on any atom is -0.310 e. The summed E-state index contributed by atoms with van der Waals surface area (Å²) >= 11 is 0. The van der Waals surface area contributed by atoms with E-state index in [0.29, 0.717) is 6.04 Å². The van der Waals surface area contributed by atoms with E-state index in [-0.39, 0.29) is 12.4 Å². The van der Waals surface area contributed by atoms with Crippen LogP contribution in [-0.4, -0.2) is 40.8 Å². The summed E-state index contributed by atoms with van der Waals surface area (Å²) in [6.45, 7) is 10.8. The molecule has 1 aromatic rings. The summed E-state index contributed by atoms with van der Waals surface area (Å²) in [6, 6.07) is 2.58. The SMILES string of the molecule is CCN(CC)C(C)CNCc1ccn[nH]1.Cl. The van der Waals surface area contributed by atoms with Crippen LogP contribution >= 0.6 is 12.4 Å². The highest BCUT2D eigenvalue weighted by Gasteiger charge is 2.08. The fraction of sp³-hybridized carbons (Fsp3) is 0.727. The fourth-order valence-electron chi connectivity index (χ4n) is 1.77. The minimum absolute atomic E-state index is 0. The topological polar surface area (TPSA) is 44.0 Å². The van der Waals surface area contributed by atoms with Gasteiger partial charge in [-0.15, -0.1) is 12.4 Å². The molecule has 2 N–H and O–H groups in total. The molecule has 0 amide bonds. The lowest BCUT2D eigenvalue weighted by Gasteiger charge is -2.26. The molecule has 1 unspecified atom stereocenters. The number of nitrogens with zero attached hydrogens (tertiary/aromatic N) is 2. The van der Waals surface area contributed by atoms with E-state index >= 15 is 0 Å². The van der Waals surface area contributed by atoms with E-state index in [4.69, 9.17) is 0 Å². The predicted octanol–water partition coefficient (Wildman–Crippen LogP) is 1.65. The summed E-state index contributed by atoms with van der Waals surface area (Å²) in [5.41, 5.74) is 1.14. The van der Waals surface area contributed by atoms with Crippen molar-refractivity contribution in [2.24, 2.45) is 0 Å².